The Morgan fingerprint density at radius 2 is 2.24 bits per heavy atom. The number of nitrogens with zero attached hydrogens (tertiary/aromatic N) is 1. The van der Waals surface area contributed by atoms with Crippen molar-refractivity contribution < 1.29 is 14.7 Å². The van der Waals surface area contributed by atoms with Gasteiger partial charge in [-0.15, -0.1) is 0 Å². The molecule has 2 amide bonds. The van der Waals surface area contributed by atoms with Crippen LogP contribution in [0.3, 0.4) is 0 Å². The van der Waals surface area contributed by atoms with Crippen molar-refractivity contribution in [2.24, 2.45) is 0 Å². The van der Waals surface area contributed by atoms with E-state index in [1.54, 1.807) is 11.9 Å². The number of aliphatic hydroxyl groups excluding tert-OH is 1. The van der Waals surface area contributed by atoms with E-state index in [1.807, 2.05) is 25.1 Å². The monoisotopic (exact) mass is 290 g/mol. The molecule has 114 valence electrons. The number of anilines is 1. The van der Waals surface area contributed by atoms with Crippen LogP contribution in [0.4, 0.5) is 5.69 Å². The second kappa shape index (κ2) is 6.72. The van der Waals surface area contributed by atoms with Gasteiger partial charge in [-0.3, -0.25) is 9.59 Å². The van der Waals surface area contributed by atoms with E-state index in [9.17, 15) is 9.59 Å². The topological polar surface area (TPSA) is 69.6 Å². The fourth-order valence-electron chi connectivity index (χ4n) is 2.43. The van der Waals surface area contributed by atoms with Gasteiger partial charge in [-0.2, -0.15) is 0 Å². The van der Waals surface area contributed by atoms with E-state index in [2.05, 4.69) is 5.32 Å². The number of amides is 2. The molecule has 1 unspecified atom stereocenters. The summed E-state index contributed by atoms with van der Waals surface area (Å²) in [6.45, 7) is 1.80. The van der Waals surface area contributed by atoms with E-state index in [0.29, 0.717) is 12.8 Å². The molecule has 0 fully saturated rings. The predicted molar refractivity (Wildman–Crippen MR) is 81.0 cm³/mol. The van der Waals surface area contributed by atoms with E-state index in [-0.39, 0.29) is 24.5 Å². The van der Waals surface area contributed by atoms with Crippen molar-refractivity contribution >= 4 is 17.5 Å². The zero-order valence-corrected chi connectivity index (χ0v) is 12.6. The van der Waals surface area contributed by atoms with E-state index >= 15 is 0 Å². The van der Waals surface area contributed by atoms with E-state index in [1.165, 1.54) is 0 Å². The Kier molecular flexibility index (Phi) is 4.96. The smallest absolute Gasteiger partial charge is 0.228 e. The van der Waals surface area contributed by atoms with Crippen molar-refractivity contribution in [3.05, 3.63) is 29.3 Å². The van der Waals surface area contributed by atoms with Crippen LogP contribution in [0, 0.1) is 0 Å². The zero-order chi connectivity index (χ0) is 15.4. The van der Waals surface area contributed by atoms with Gasteiger partial charge in [-0.25, -0.2) is 0 Å². The van der Waals surface area contributed by atoms with Crippen LogP contribution in [0.15, 0.2) is 18.2 Å². The van der Waals surface area contributed by atoms with Crippen LogP contribution in [0.1, 0.15) is 30.9 Å². The Bertz CT molecular complexity index is 542. The van der Waals surface area contributed by atoms with Gasteiger partial charge >= 0.3 is 0 Å². The minimum atomic E-state index is -0.144. The van der Waals surface area contributed by atoms with Crippen LogP contribution in [0.2, 0.25) is 0 Å². The summed E-state index contributed by atoms with van der Waals surface area (Å²) in [5.41, 5.74) is 3.09. The van der Waals surface area contributed by atoms with Crippen molar-refractivity contribution in [1.82, 2.24) is 4.90 Å². The number of carbonyl (C=O) groups excluding carboxylic acids is 2. The molecular weight excluding hydrogens is 268 g/mol. The summed E-state index contributed by atoms with van der Waals surface area (Å²) < 4.78 is 0. The van der Waals surface area contributed by atoms with Crippen molar-refractivity contribution in [2.45, 2.75) is 38.6 Å². The summed E-state index contributed by atoms with van der Waals surface area (Å²) in [6, 6.07) is 5.82. The van der Waals surface area contributed by atoms with E-state index in [4.69, 9.17) is 5.11 Å². The molecule has 0 aromatic heterocycles. The van der Waals surface area contributed by atoms with Crippen LogP contribution in [0.5, 0.6) is 0 Å². The summed E-state index contributed by atoms with van der Waals surface area (Å²) in [5, 5.41) is 11.9. The number of carbonyl (C=O) groups is 2. The summed E-state index contributed by atoms with van der Waals surface area (Å²) in [5.74, 6) is 0.0894. The van der Waals surface area contributed by atoms with E-state index in [0.717, 1.165) is 29.7 Å². The first kappa shape index (κ1) is 15.5. The Labute approximate surface area is 125 Å². The standard InChI is InChI=1S/C16H22N2O3/c1-11(10-19)18(2)16(21)5-3-4-12-6-7-14-13(8-12)9-15(20)17-14/h6-8,11,19H,3-5,9-10H2,1-2H3,(H,17,20). The Morgan fingerprint density at radius 1 is 1.48 bits per heavy atom. The third-order valence-corrected chi connectivity index (χ3v) is 3.97. The summed E-state index contributed by atoms with van der Waals surface area (Å²) in [4.78, 5) is 24.8. The number of hydrogen-bond acceptors (Lipinski definition) is 3. The molecule has 1 aromatic carbocycles. The maximum absolute atomic E-state index is 11.9. The molecule has 0 bridgehead atoms. The average Bonchev–Trinajstić information content (AvgIpc) is 2.84. The predicted octanol–water partition coefficient (Wildman–Crippen LogP) is 1.34. The fourth-order valence-corrected chi connectivity index (χ4v) is 2.43. The molecule has 2 rings (SSSR count). The zero-order valence-electron chi connectivity index (χ0n) is 12.6. The maximum Gasteiger partial charge on any atom is 0.228 e. The molecule has 1 aromatic rings. The number of aryl methyl sites for hydroxylation is 1. The SMILES string of the molecule is CC(CO)N(C)C(=O)CCCc1ccc2c(c1)CC(=O)N2. The minimum absolute atomic E-state index is 0.0198. The maximum atomic E-state index is 11.9. The highest BCUT2D eigenvalue weighted by atomic mass is 16.3. The van der Waals surface area contributed by atoms with E-state index < -0.39 is 0 Å². The Balaban J connectivity index is 1.83. The van der Waals surface area contributed by atoms with Crippen LogP contribution in [0.25, 0.3) is 0 Å². The first-order valence-corrected chi connectivity index (χ1v) is 7.29. The molecule has 0 saturated heterocycles. The lowest BCUT2D eigenvalue weighted by molar-refractivity contribution is -0.132. The molecule has 1 aliphatic heterocycles. The average molecular weight is 290 g/mol. The normalized spacial score (nSPS) is 14.5. The molecule has 2 N–H and O–H groups in total. The summed E-state index contributed by atoms with van der Waals surface area (Å²) in [6.07, 6.45) is 2.49. The quantitative estimate of drug-likeness (QED) is 0.830. The second-order valence-corrected chi connectivity index (χ2v) is 5.61. The number of likely N-dealkylation sites (N-methyl/N-ethyl adjacent to an activating group) is 1. The molecule has 0 saturated carbocycles. The lowest BCUT2D eigenvalue weighted by Gasteiger charge is -2.23. The van der Waals surface area contributed by atoms with Gasteiger partial charge in [-0.05, 0) is 37.0 Å². The second-order valence-electron chi connectivity index (χ2n) is 5.61. The summed E-state index contributed by atoms with van der Waals surface area (Å²) >= 11 is 0. The van der Waals surface area contributed by atoms with Gasteiger partial charge in [0, 0.05) is 19.2 Å². The third kappa shape index (κ3) is 3.82. The lowest BCUT2D eigenvalue weighted by Crippen LogP contribution is -2.37. The van der Waals surface area contributed by atoms with Gasteiger partial charge in [0.1, 0.15) is 0 Å². The first-order valence-electron chi connectivity index (χ1n) is 7.29. The number of aliphatic hydroxyl groups is 1. The lowest BCUT2D eigenvalue weighted by atomic mass is 10.0. The molecule has 0 radical (unpaired) electrons. The van der Waals surface area contributed by atoms with Gasteiger partial charge in [0.25, 0.3) is 0 Å². The molecule has 1 aliphatic rings. The molecule has 0 spiro atoms. The molecule has 0 aliphatic carbocycles. The summed E-state index contributed by atoms with van der Waals surface area (Å²) in [7, 11) is 1.72. The van der Waals surface area contributed by atoms with Crippen molar-refractivity contribution in [2.75, 3.05) is 19.0 Å². The highest BCUT2D eigenvalue weighted by molar-refractivity contribution is 5.99. The van der Waals surface area contributed by atoms with Crippen LogP contribution < -0.4 is 5.32 Å². The van der Waals surface area contributed by atoms with Crippen molar-refractivity contribution in [3.63, 3.8) is 0 Å². The fraction of sp³-hybridized carbons (Fsp3) is 0.500. The number of fused-ring (bicyclic) bond motifs is 1. The van der Waals surface area contributed by atoms with Gasteiger partial charge in [-0.1, -0.05) is 12.1 Å². The molecule has 1 atom stereocenters. The number of benzene rings is 1. The minimum Gasteiger partial charge on any atom is -0.394 e. The highest BCUT2D eigenvalue weighted by Crippen LogP contribution is 2.24. The molecular formula is C16H22N2O3. The molecule has 5 nitrogen and oxygen atoms in total. The number of rotatable bonds is 6. The van der Waals surface area contributed by atoms with Gasteiger partial charge in [0.05, 0.1) is 19.1 Å². The Hall–Kier alpha value is -1.88. The molecule has 1 heterocycles. The van der Waals surface area contributed by atoms with Gasteiger partial charge in [0.15, 0.2) is 0 Å². The largest absolute Gasteiger partial charge is 0.394 e. The van der Waals surface area contributed by atoms with Crippen LogP contribution >= 0.6 is 0 Å². The highest BCUT2D eigenvalue weighted by Gasteiger charge is 2.18. The molecule has 5 heteroatoms. The Morgan fingerprint density at radius 3 is 2.95 bits per heavy atom. The van der Waals surface area contributed by atoms with Crippen LogP contribution in [-0.2, 0) is 22.4 Å². The van der Waals surface area contributed by atoms with Crippen LogP contribution in [-0.4, -0.2) is 41.5 Å². The first-order chi connectivity index (χ1) is 10.0. The number of nitrogens with one attached hydrogen (secondary N) is 1. The number of hydrogen-bond donors (Lipinski definition) is 2. The van der Waals surface area contributed by atoms with Crippen molar-refractivity contribution in [3.8, 4) is 0 Å². The van der Waals surface area contributed by atoms with Crippen molar-refractivity contribution in [1.29, 1.82) is 0 Å². The van der Waals surface area contributed by atoms with Gasteiger partial charge in [0.2, 0.25) is 11.8 Å². The van der Waals surface area contributed by atoms with Gasteiger partial charge < -0.3 is 15.3 Å². The molecule has 21 heavy (non-hydrogen) atoms. The third-order valence-electron chi connectivity index (χ3n) is 3.97.